The molecule has 5 nitrogen and oxygen atoms in total. The minimum absolute atomic E-state index is 0.471. The number of hydrazone groups is 1. The number of aliphatic imine (C=N–C) groups is 1. The molecule has 0 aromatic heterocycles. The third-order valence-electron chi connectivity index (χ3n) is 3.48. The second-order valence-corrected chi connectivity index (χ2v) is 6.82. The highest BCUT2D eigenvalue weighted by atomic mass is 35.5. The van der Waals surface area contributed by atoms with Crippen LogP contribution in [0.15, 0.2) is 46.5 Å². The summed E-state index contributed by atoms with van der Waals surface area (Å²) in [7, 11) is 3.22. The Morgan fingerprint density at radius 3 is 2.48 bits per heavy atom. The molecule has 2 aromatic rings. The van der Waals surface area contributed by atoms with Crippen LogP contribution in [-0.2, 0) is 0 Å². The fourth-order valence-corrected chi connectivity index (χ4v) is 3.29. The second kappa shape index (κ2) is 7.99. The van der Waals surface area contributed by atoms with Crippen LogP contribution in [0.2, 0.25) is 10.0 Å². The molecule has 1 aliphatic rings. The first-order chi connectivity index (χ1) is 12.1. The molecule has 1 heterocycles. The van der Waals surface area contributed by atoms with Gasteiger partial charge in [-0.2, -0.15) is 5.10 Å². The molecule has 0 saturated carbocycles. The molecule has 0 fully saturated rings. The molecule has 8 heteroatoms. The first-order valence-electron chi connectivity index (χ1n) is 7.32. The van der Waals surface area contributed by atoms with Gasteiger partial charge in [0.25, 0.3) is 0 Å². The minimum Gasteiger partial charge on any atom is -0.493 e. The summed E-state index contributed by atoms with van der Waals surface area (Å²) in [5.74, 6) is 2.04. The Balaban J connectivity index is 1.78. The highest BCUT2D eigenvalue weighted by Crippen LogP contribution is 2.30. The van der Waals surface area contributed by atoms with Crippen molar-refractivity contribution in [1.82, 2.24) is 5.43 Å². The molecule has 0 unspecified atom stereocenters. The van der Waals surface area contributed by atoms with Gasteiger partial charge in [-0.1, -0.05) is 35.0 Å². The van der Waals surface area contributed by atoms with Gasteiger partial charge in [0, 0.05) is 11.3 Å². The number of ether oxygens (including phenoxy) is 2. The molecular weight excluding hydrogens is 381 g/mol. The molecule has 0 atom stereocenters. The molecule has 0 bridgehead atoms. The summed E-state index contributed by atoms with van der Waals surface area (Å²) >= 11 is 13.5. The largest absolute Gasteiger partial charge is 0.493 e. The van der Waals surface area contributed by atoms with Crippen LogP contribution >= 0.6 is 35.0 Å². The van der Waals surface area contributed by atoms with E-state index in [1.165, 1.54) is 0 Å². The normalized spacial score (nSPS) is 15.5. The third-order valence-corrected chi connectivity index (χ3v) is 5.10. The van der Waals surface area contributed by atoms with Crippen LogP contribution in [0.5, 0.6) is 11.5 Å². The Bertz CT molecular complexity index is 856. The average Bonchev–Trinajstić information content (AvgIpc) is 2.65. The number of benzene rings is 2. The third kappa shape index (κ3) is 4.21. The van der Waals surface area contributed by atoms with E-state index in [0.717, 1.165) is 11.3 Å². The number of amidine groups is 1. The molecule has 0 spiro atoms. The Kier molecular flexibility index (Phi) is 5.73. The van der Waals surface area contributed by atoms with E-state index in [1.54, 1.807) is 44.2 Å². The number of rotatable bonds is 4. The van der Waals surface area contributed by atoms with E-state index in [9.17, 15) is 0 Å². The maximum absolute atomic E-state index is 6.01. The molecule has 2 aromatic carbocycles. The van der Waals surface area contributed by atoms with E-state index in [4.69, 9.17) is 32.7 Å². The zero-order valence-electron chi connectivity index (χ0n) is 13.5. The number of nitrogens with one attached hydrogen (secondary N) is 1. The smallest absolute Gasteiger partial charge is 0.182 e. The predicted octanol–water partition coefficient (Wildman–Crippen LogP) is 4.74. The first kappa shape index (κ1) is 17.9. The van der Waals surface area contributed by atoms with Crippen molar-refractivity contribution >= 4 is 51.5 Å². The quantitative estimate of drug-likeness (QED) is 0.811. The van der Waals surface area contributed by atoms with Crippen LogP contribution in [0.1, 0.15) is 5.56 Å². The summed E-state index contributed by atoms with van der Waals surface area (Å²) in [6.45, 7) is 0. The van der Waals surface area contributed by atoms with Gasteiger partial charge in [0.05, 0.1) is 35.7 Å². The zero-order valence-corrected chi connectivity index (χ0v) is 15.9. The maximum atomic E-state index is 6.01. The van der Waals surface area contributed by atoms with E-state index in [0.29, 0.717) is 38.2 Å². The Morgan fingerprint density at radius 1 is 1.04 bits per heavy atom. The molecule has 0 radical (unpaired) electrons. The van der Waals surface area contributed by atoms with Crippen molar-refractivity contribution in [1.29, 1.82) is 0 Å². The number of nitrogens with zero attached hydrogens (tertiary/aromatic N) is 2. The lowest BCUT2D eigenvalue weighted by Crippen LogP contribution is -2.25. The van der Waals surface area contributed by atoms with Crippen molar-refractivity contribution < 1.29 is 9.47 Å². The van der Waals surface area contributed by atoms with Crippen LogP contribution in [0.3, 0.4) is 0 Å². The SMILES string of the molecule is COc1ccc(C2=NNC(=Nc3ccc(Cl)c(Cl)c3)SC2)cc1OC. The van der Waals surface area contributed by atoms with Crippen LogP contribution in [0.4, 0.5) is 5.69 Å². The van der Waals surface area contributed by atoms with Gasteiger partial charge in [0.2, 0.25) is 0 Å². The molecule has 3 rings (SSSR count). The fraction of sp³-hybridized carbons (Fsp3) is 0.176. The van der Waals surface area contributed by atoms with Crippen molar-refractivity contribution in [3.63, 3.8) is 0 Å². The summed E-state index contributed by atoms with van der Waals surface area (Å²) in [4.78, 5) is 4.48. The van der Waals surface area contributed by atoms with Crippen molar-refractivity contribution in [3.05, 3.63) is 52.0 Å². The highest BCUT2D eigenvalue weighted by molar-refractivity contribution is 8.14. The van der Waals surface area contributed by atoms with Crippen LogP contribution in [-0.4, -0.2) is 30.9 Å². The Hall–Kier alpha value is -1.89. The van der Waals surface area contributed by atoms with E-state index in [1.807, 2.05) is 18.2 Å². The van der Waals surface area contributed by atoms with E-state index in [-0.39, 0.29) is 0 Å². The zero-order chi connectivity index (χ0) is 17.8. The Labute approximate surface area is 160 Å². The number of hydrogen-bond donors (Lipinski definition) is 1. The highest BCUT2D eigenvalue weighted by Gasteiger charge is 2.15. The molecule has 130 valence electrons. The van der Waals surface area contributed by atoms with Crippen molar-refractivity contribution in [2.24, 2.45) is 10.1 Å². The van der Waals surface area contributed by atoms with Crippen molar-refractivity contribution in [3.8, 4) is 11.5 Å². The summed E-state index contributed by atoms with van der Waals surface area (Å²) in [6.07, 6.45) is 0. The first-order valence-corrected chi connectivity index (χ1v) is 9.06. The van der Waals surface area contributed by atoms with Gasteiger partial charge in [-0.05, 0) is 36.4 Å². The number of methoxy groups -OCH3 is 2. The van der Waals surface area contributed by atoms with Gasteiger partial charge in [0.1, 0.15) is 0 Å². The van der Waals surface area contributed by atoms with Crippen LogP contribution in [0.25, 0.3) is 0 Å². The summed E-state index contributed by atoms with van der Waals surface area (Å²) in [6, 6.07) is 10.9. The summed E-state index contributed by atoms with van der Waals surface area (Å²) in [5, 5.41) is 6.08. The molecular formula is C17H15Cl2N3O2S. The lowest BCUT2D eigenvalue weighted by molar-refractivity contribution is 0.355. The fourth-order valence-electron chi connectivity index (χ4n) is 2.21. The summed E-state index contributed by atoms with van der Waals surface area (Å²) in [5.41, 5.74) is 5.55. The van der Waals surface area contributed by atoms with Crippen molar-refractivity contribution in [2.45, 2.75) is 0 Å². The lowest BCUT2D eigenvalue weighted by atomic mass is 10.1. The molecule has 1 aliphatic heterocycles. The number of thioether (sulfide) groups is 1. The van der Waals surface area contributed by atoms with Gasteiger partial charge in [-0.15, -0.1) is 0 Å². The molecule has 0 saturated heterocycles. The molecule has 0 aliphatic carbocycles. The predicted molar refractivity (Wildman–Crippen MR) is 105 cm³/mol. The monoisotopic (exact) mass is 395 g/mol. The van der Waals surface area contributed by atoms with E-state index >= 15 is 0 Å². The van der Waals surface area contributed by atoms with Gasteiger partial charge >= 0.3 is 0 Å². The van der Waals surface area contributed by atoms with Gasteiger partial charge in [-0.25, -0.2) is 4.99 Å². The molecule has 25 heavy (non-hydrogen) atoms. The van der Waals surface area contributed by atoms with Gasteiger partial charge in [-0.3, -0.25) is 5.43 Å². The second-order valence-electron chi connectivity index (χ2n) is 5.04. The van der Waals surface area contributed by atoms with Crippen molar-refractivity contribution in [2.75, 3.05) is 20.0 Å². The van der Waals surface area contributed by atoms with E-state index in [2.05, 4.69) is 15.5 Å². The lowest BCUT2D eigenvalue weighted by Gasteiger charge is -2.16. The van der Waals surface area contributed by atoms with Crippen LogP contribution < -0.4 is 14.9 Å². The standard InChI is InChI=1S/C17H15Cl2N3O2S/c1-23-15-6-3-10(7-16(15)24-2)14-9-25-17(22-21-14)20-11-4-5-12(18)13(19)8-11/h3-8H,9H2,1-2H3,(H,20,22). The van der Waals surface area contributed by atoms with Gasteiger partial charge in [0.15, 0.2) is 16.7 Å². The summed E-state index contributed by atoms with van der Waals surface area (Å²) < 4.78 is 10.6. The Morgan fingerprint density at radius 2 is 1.84 bits per heavy atom. The number of hydrogen-bond acceptors (Lipinski definition) is 5. The topological polar surface area (TPSA) is 55.2 Å². The molecule has 1 N–H and O–H groups in total. The minimum atomic E-state index is 0.471. The van der Waals surface area contributed by atoms with Gasteiger partial charge < -0.3 is 9.47 Å². The molecule has 0 amide bonds. The maximum Gasteiger partial charge on any atom is 0.182 e. The van der Waals surface area contributed by atoms with Crippen LogP contribution in [0, 0.1) is 0 Å². The number of halogens is 2. The van der Waals surface area contributed by atoms with E-state index < -0.39 is 0 Å². The average molecular weight is 396 g/mol.